The van der Waals surface area contributed by atoms with Gasteiger partial charge in [-0.2, -0.15) is 0 Å². The predicted molar refractivity (Wildman–Crippen MR) is 70.2 cm³/mol. The summed E-state index contributed by atoms with van der Waals surface area (Å²) in [6, 6.07) is 6.09. The smallest absolute Gasteiger partial charge is 0.227 e. The third-order valence-electron chi connectivity index (χ3n) is 2.33. The van der Waals surface area contributed by atoms with Gasteiger partial charge in [-0.25, -0.2) is 0 Å². The molecule has 0 aliphatic carbocycles. The number of hydrogen-bond donors (Lipinski definition) is 1. The van der Waals surface area contributed by atoms with Gasteiger partial charge in [0.15, 0.2) is 0 Å². The molecule has 0 aliphatic heterocycles. The molecule has 0 aromatic heterocycles. The van der Waals surface area contributed by atoms with E-state index in [-0.39, 0.29) is 18.3 Å². The lowest BCUT2D eigenvalue weighted by atomic mass is 10.1. The van der Waals surface area contributed by atoms with Crippen molar-refractivity contribution >= 4 is 24.0 Å². The Morgan fingerprint density at radius 1 is 1.25 bits per heavy atom. The molecule has 1 rings (SSSR count). The van der Waals surface area contributed by atoms with Crippen LogP contribution in [0.5, 0.6) is 0 Å². The molecule has 0 saturated heterocycles. The largest absolute Gasteiger partial charge is 0.330 e. The van der Waals surface area contributed by atoms with Crippen molar-refractivity contribution in [1.82, 2.24) is 0 Å². The van der Waals surface area contributed by atoms with Crippen molar-refractivity contribution in [3.8, 4) is 0 Å². The fourth-order valence-corrected chi connectivity index (χ4v) is 1.58. The summed E-state index contributed by atoms with van der Waals surface area (Å²) >= 11 is 0. The van der Waals surface area contributed by atoms with Crippen molar-refractivity contribution in [2.24, 2.45) is 5.73 Å². The molecule has 0 spiro atoms. The fourth-order valence-electron chi connectivity index (χ4n) is 1.58. The first kappa shape index (κ1) is 14.9. The van der Waals surface area contributed by atoms with Gasteiger partial charge in [-0.1, -0.05) is 6.07 Å². The fraction of sp³-hybridized carbons (Fsp3) is 0.417. The van der Waals surface area contributed by atoms with Crippen LogP contribution in [0.1, 0.15) is 17.5 Å². The van der Waals surface area contributed by atoms with Gasteiger partial charge in [0, 0.05) is 25.7 Å². The van der Waals surface area contributed by atoms with Crippen LogP contribution < -0.4 is 10.6 Å². The van der Waals surface area contributed by atoms with Crippen molar-refractivity contribution in [2.45, 2.75) is 20.3 Å². The molecule has 0 unspecified atom stereocenters. The Bertz CT molecular complexity index is 346. The summed E-state index contributed by atoms with van der Waals surface area (Å²) in [5.74, 6) is 0.0579. The minimum Gasteiger partial charge on any atom is -0.330 e. The average Bonchev–Trinajstić information content (AvgIpc) is 2.15. The summed E-state index contributed by atoms with van der Waals surface area (Å²) in [6.07, 6.45) is 0.392. The number of nitrogens with two attached hydrogens (primary N) is 1. The monoisotopic (exact) mass is 242 g/mol. The molecule has 1 amide bonds. The van der Waals surface area contributed by atoms with E-state index < -0.39 is 0 Å². The Balaban J connectivity index is 0.00000225. The highest BCUT2D eigenvalue weighted by Gasteiger charge is 2.09. The van der Waals surface area contributed by atoms with Crippen molar-refractivity contribution in [1.29, 1.82) is 0 Å². The number of rotatable bonds is 3. The molecule has 1 aromatic carbocycles. The number of halogens is 1. The standard InChI is InChI=1S/C12H18N2O.ClH/c1-9-6-10(2)8-11(7-9)14(3)12(15)4-5-13;/h6-8H,4-5,13H2,1-3H3;1H. The molecule has 90 valence electrons. The minimum atomic E-state index is 0. The van der Waals surface area contributed by atoms with Crippen molar-refractivity contribution < 1.29 is 4.79 Å². The zero-order chi connectivity index (χ0) is 11.4. The maximum absolute atomic E-state index is 11.6. The second kappa shape index (κ2) is 6.51. The lowest BCUT2D eigenvalue weighted by molar-refractivity contribution is -0.118. The lowest BCUT2D eigenvalue weighted by Crippen LogP contribution is -2.28. The molecule has 1 aromatic rings. The van der Waals surface area contributed by atoms with Crippen LogP contribution >= 0.6 is 12.4 Å². The Morgan fingerprint density at radius 3 is 2.19 bits per heavy atom. The number of carbonyl (C=O) groups is 1. The maximum atomic E-state index is 11.6. The summed E-state index contributed by atoms with van der Waals surface area (Å²) in [6.45, 7) is 4.45. The summed E-state index contributed by atoms with van der Waals surface area (Å²) < 4.78 is 0. The highest BCUT2D eigenvalue weighted by atomic mass is 35.5. The van der Waals surface area contributed by atoms with Crippen molar-refractivity contribution in [3.05, 3.63) is 29.3 Å². The van der Waals surface area contributed by atoms with Crippen LogP contribution in [-0.2, 0) is 4.79 Å². The number of hydrogen-bond acceptors (Lipinski definition) is 2. The van der Waals surface area contributed by atoms with Gasteiger partial charge in [-0.3, -0.25) is 4.79 Å². The van der Waals surface area contributed by atoms with Crippen molar-refractivity contribution in [3.63, 3.8) is 0 Å². The summed E-state index contributed by atoms with van der Waals surface area (Å²) in [5, 5.41) is 0. The Labute approximate surface area is 103 Å². The molecule has 4 heteroatoms. The van der Waals surface area contributed by atoms with Crippen LogP contribution in [0.15, 0.2) is 18.2 Å². The molecule has 0 heterocycles. The van der Waals surface area contributed by atoms with Crippen LogP contribution in [0.25, 0.3) is 0 Å². The van der Waals surface area contributed by atoms with E-state index in [1.807, 2.05) is 26.0 Å². The average molecular weight is 243 g/mol. The molecule has 0 atom stereocenters. The van der Waals surface area contributed by atoms with Gasteiger partial charge in [-0.05, 0) is 37.1 Å². The number of carbonyl (C=O) groups excluding carboxylic acids is 1. The third kappa shape index (κ3) is 3.83. The van der Waals surface area contributed by atoms with E-state index in [1.54, 1.807) is 11.9 Å². The van der Waals surface area contributed by atoms with Gasteiger partial charge in [0.1, 0.15) is 0 Å². The maximum Gasteiger partial charge on any atom is 0.227 e. The zero-order valence-corrected chi connectivity index (χ0v) is 10.8. The van der Waals surface area contributed by atoms with Gasteiger partial charge in [-0.15, -0.1) is 12.4 Å². The van der Waals surface area contributed by atoms with Gasteiger partial charge in [0.2, 0.25) is 5.91 Å². The van der Waals surface area contributed by atoms with E-state index >= 15 is 0 Å². The van der Waals surface area contributed by atoms with E-state index in [4.69, 9.17) is 5.73 Å². The van der Waals surface area contributed by atoms with Gasteiger partial charge >= 0.3 is 0 Å². The molecule has 0 saturated carbocycles. The molecule has 0 aliphatic rings. The van der Waals surface area contributed by atoms with Crippen LogP contribution in [0.4, 0.5) is 5.69 Å². The summed E-state index contributed by atoms with van der Waals surface area (Å²) in [5.41, 5.74) is 8.62. The number of anilines is 1. The molecule has 0 bridgehead atoms. The Morgan fingerprint density at radius 2 is 1.75 bits per heavy atom. The topological polar surface area (TPSA) is 46.3 Å². The molecule has 16 heavy (non-hydrogen) atoms. The first-order valence-corrected chi connectivity index (χ1v) is 5.09. The Kier molecular flexibility index (Phi) is 6.08. The van der Waals surface area contributed by atoms with Crippen LogP contribution in [0.2, 0.25) is 0 Å². The molecule has 3 nitrogen and oxygen atoms in total. The lowest BCUT2D eigenvalue weighted by Gasteiger charge is -2.18. The summed E-state index contributed by atoms with van der Waals surface area (Å²) in [7, 11) is 1.78. The molecular formula is C12H19ClN2O. The summed E-state index contributed by atoms with van der Waals surface area (Å²) in [4.78, 5) is 13.3. The Hall–Kier alpha value is -1.06. The van der Waals surface area contributed by atoms with Gasteiger partial charge < -0.3 is 10.6 Å². The first-order chi connectivity index (χ1) is 7.04. The highest BCUT2D eigenvalue weighted by Crippen LogP contribution is 2.17. The SMILES string of the molecule is Cc1cc(C)cc(N(C)C(=O)CCN)c1.Cl. The zero-order valence-electron chi connectivity index (χ0n) is 9.99. The van der Waals surface area contributed by atoms with Crippen LogP contribution in [-0.4, -0.2) is 19.5 Å². The minimum absolute atomic E-state index is 0. The van der Waals surface area contributed by atoms with Crippen LogP contribution in [0.3, 0.4) is 0 Å². The second-order valence-corrected chi connectivity index (χ2v) is 3.84. The highest BCUT2D eigenvalue weighted by molar-refractivity contribution is 5.93. The normalized spacial score (nSPS) is 9.50. The van der Waals surface area contributed by atoms with Crippen molar-refractivity contribution in [2.75, 3.05) is 18.5 Å². The quantitative estimate of drug-likeness (QED) is 0.882. The predicted octanol–water partition coefficient (Wildman–Crippen LogP) is 2.04. The van der Waals surface area contributed by atoms with E-state index in [0.717, 1.165) is 16.8 Å². The number of benzene rings is 1. The molecular weight excluding hydrogens is 224 g/mol. The van der Waals surface area contributed by atoms with E-state index in [0.29, 0.717) is 13.0 Å². The number of amides is 1. The molecule has 0 fully saturated rings. The van der Waals surface area contributed by atoms with E-state index in [9.17, 15) is 4.79 Å². The second-order valence-electron chi connectivity index (χ2n) is 3.84. The van der Waals surface area contributed by atoms with E-state index in [1.165, 1.54) is 0 Å². The molecule has 0 radical (unpaired) electrons. The third-order valence-corrected chi connectivity index (χ3v) is 2.33. The number of nitrogens with zero attached hydrogens (tertiary/aromatic N) is 1. The first-order valence-electron chi connectivity index (χ1n) is 5.09. The number of aryl methyl sites for hydroxylation is 2. The van der Waals surface area contributed by atoms with Gasteiger partial charge in [0.05, 0.1) is 0 Å². The van der Waals surface area contributed by atoms with E-state index in [2.05, 4.69) is 6.07 Å². The van der Waals surface area contributed by atoms with Crippen LogP contribution in [0, 0.1) is 13.8 Å². The molecule has 2 N–H and O–H groups in total. The van der Waals surface area contributed by atoms with Gasteiger partial charge in [0.25, 0.3) is 0 Å².